The van der Waals surface area contributed by atoms with Gasteiger partial charge < -0.3 is 14.6 Å². The van der Waals surface area contributed by atoms with Crippen LogP contribution in [0.5, 0.6) is 5.75 Å². The van der Waals surface area contributed by atoms with Crippen molar-refractivity contribution in [3.05, 3.63) is 29.8 Å². The molecule has 0 fully saturated rings. The third kappa shape index (κ3) is 5.80. The second kappa shape index (κ2) is 8.66. The fraction of sp³-hybridized carbons (Fsp3) is 0.500. The second-order valence-corrected chi connectivity index (χ2v) is 3.97. The lowest BCUT2D eigenvalue weighted by Gasteiger charge is -2.07. The molecule has 100 valence electrons. The molecule has 0 aromatic heterocycles. The van der Waals surface area contributed by atoms with Gasteiger partial charge >= 0.3 is 0 Å². The van der Waals surface area contributed by atoms with E-state index in [1.165, 1.54) is 0 Å². The lowest BCUT2D eigenvalue weighted by atomic mass is 10.1. The molecule has 0 aliphatic rings. The van der Waals surface area contributed by atoms with Crippen LogP contribution < -0.4 is 4.74 Å². The molecule has 0 radical (unpaired) electrons. The van der Waals surface area contributed by atoms with Gasteiger partial charge in [-0.1, -0.05) is 0 Å². The molecule has 4 heteroatoms. The highest BCUT2D eigenvalue weighted by Crippen LogP contribution is 2.12. The van der Waals surface area contributed by atoms with Gasteiger partial charge in [-0.2, -0.15) is 0 Å². The predicted octanol–water partition coefficient (Wildman–Crippen LogP) is 2.06. The SMILES string of the molecule is CC(=O)c1ccc(OCCCOCCCO)cc1. The zero-order chi connectivity index (χ0) is 13.2. The van der Waals surface area contributed by atoms with Crippen molar-refractivity contribution in [1.82, 2.24) is 0 Å². The molecule has 1 aromatic rings. The molecular formula is C14H20O4. The molecule has 1 rings (SSSR count). The molecule has 0 aliphatic heterocycles. The van der Waals surface area contributed by atoms with Gasteiger partial charge in [0.15, 0.2) is 5.78 Å². The molecule has 1 N–H and O–H groups in total. The molecule has 4 nitrogen and oxygen atoms in total. The highest BCUT2D eigenvalue weighted by Gasteiger charge is 1.99. The molecular weight excluding hydrogens is 232 g/mol. The number of Topliss-reactive ketones (excluding diaryl/α,β-unsaturated/α-hetero) is 1. The van der Waals surface area contributed by atoms with Crippen LogP contribution in [0.3, 0.4) is 0 Å². The molecule has 0 amide bonds. The zero-order valence-electron chi connectivity index (χ0n) is 10.7. The van der Waals surface area contributed by atoms with Crippen molar-refractivity contribution in [2.24, 2.45) is 0 Å². The average molecular weight is 252 g/mol. The van der Waals surface area contributed by atoms with Crippen molar-refractivity contribution in [1.29, 1.82) is 0 Å². The molecule has 0 saturated carbocycles. The smallest absolute Gasteiger partial charge is 0.159 e. The maximum atomic E-state index is 11.1. The van der Waals surface area contributed by atoms with Crippen LogP contribution >= 0.6 is 0 Å². The summed E-state index contributed by atoms with van der Waals surface area (Å²) in [5.74, 6) is 0.814. The number of aliphatic hydroxyl groups is 1. The van der Waals surface area contributed by atoms with Gasteiger partial charge in [0.05, 0.1) is 6.61 Å². The van der Waals surface area contributed by atoms with Crippen molar-refractivity contribution in [3.8, 4) is 5.75 Å². The van der Waals surface area contributed by atoms with Crippen LogP contribution in [0.1, 0.15) is 30.1 Å². The standard InChI is InChI=1S/C14H20O4/c1-12(16)13-4-6-14(7-5-13)18-11-3-10-17-9-2-8-15/h4-7,15H,2-3,8-11H2,1H3. The number of ether oxygens (including phenoxy) is 2. The van der Waals surface area contributed by atoms with E-state index in [2.05, 4.69) is 0 Å². The van der Waals surface area contributed by atoms with Crippen molar-refractivity contribution >= 4 is 5.78 Å². The van der Waals surface area contributed by atoms with Crippen LogP contribution in [0.25, 0.3) is 0 Å². The Hall–Kier alpha value is -1.39. The summed E-state index contributed by atoms with van der Waals surface area (Å²) in [5.41, 5.74) is 0.690. The summed E-state index contributed by atoms with van der Waals surface area (Å²) < 4.78 is 10.8. The molecule has 0 atom stereocenters. The molecule has 18 heavy (non-hydrogen) atoms. The predicted molar refractivity (Wildman–Crippen MR) is 69.1 cm³/mol. The molecule has 0 saturated heterocycles. The van der Waals surface area contributed by atoms with E-state index in [1.54, 1.807) is 31.2 Å². The third-order valence-electron chi connectivity index (χ3n) is 2.41. The second-order valence-electron chi connectivity index (χ2n) is 3.97. The average Bonchev–Trinajstić information content (AvgIpc) is 2.38. The number of carbonyl (C=O) groups is 1. The molecule has 0 spiro atoms. The topological polar surface area (TPSA) is 55.8 Å². The van der Waals surface area contributed by atoms with Crippen LogP contribution in [-0.4, -0.2) is 37.3 Å². The van der Waals surface area contributed by atoms with E-state index in [0.29, 0.717) is 31.8 Å². The summed E-state index contributed by atoms with van der Waals surface area (Å²) >= 11 is 0. The summed E-state index contributed by atoms with van der Waals surface area (Å²) in [5, 5.41) is 8.55. The number of hydrogen-bond donors (Lipinski definition) is 1. The van der Waals surface area contributed by atoms with E-state index in [-0.39, 0.29) is 12.4 Å². The lowest BCUT2D eigenvalue weighted by Crippen LogP contribution is -2.04. The van der Waals surface area contributed by atoms with Crippen molar-refractivity contribution < 1.29 is 19.4 Å². The van der Waals surface area contributed by atoms with E-state index in [1.807, 2.05) is 0 Å². The normalized spacial score (nSPS) is 10.3. The van der Waals surface area contributed by atoms with Gasteiger partial charge in [0.25, 0.3) is 0 Å². The minimum absolute atomic E-state index is 0.0545. The summed E-state index contributed by atoms with van der Waals surface area (Å²) in [6, 6.07) is 7.11. The first kappa shape index (κ1) is 14.7. The summed E-state index contributed by atoms with van der Waals surface area (Å²) in [6.45, 7) is 3.51. The maximum Gasteiger partial charge on any atom is 0.159 e. The first-order valence-electron chi connectivity index (χ1n) is 6.16. The number of rotatable bonds is 9. The highest BCUT2D eigenvalue weighted by molar-refractivity contribution is 5.94. The lowest BCUT2D eigenvalue weighted by molar-refractivity contribution is 0.101. The number of aliphatic hydroxyl groups excluding tert-OH is 1. The highest BCUT2D eigenvalue weighted by atomic mass is 16.5. The Labute approximate surface area is 108 Å². The van der Waals surface area contributed by atoms with Crippen molar-refractivity contribution in [3.63, 3.8) is 0 Å². The molecule has 0 unspecified atom stereocenters. The van der Waals surface area contributed by atoms with E-state index in [0.717, 1.165) is 12.2 Å². The van der Waals surface area contributed by atoms with Gasteiger partial charge in [0.2, 0.25) is 0 Å². The maximum absolute atomic E-state index is 11.1. The zero-order valence-corrected chi connectivity index (χ0v) is 10.7. The molecule has 1 aromatic carbocycles. The van der Waals surface area contributed by atoms with E-state index in [4.69, 9.17) is 14.6 Å². The van der Waals surface area contributed by atoms with Crippen LogP contribution in [0.15, 0.2) is 24.3 Å². The van der Waals surface area contributed by atoms with E-state index < -0.39 is 0 Å². The van der Waals surface area contributed by atoms with Crippen LogP contribution in [-0.2, 0) is 4.74 Å². The number of carbonyl (C=O) groups excluding carboxylic acids is 1. The van der Waals surface area contributed by atoms with Gasteiger partial charge in [0.1, 0.15) is 5.75 Å². The number of benzene rings is 1. The Morgan fingerprint density at radius 2 is 1.78 bits per heavy atom. The fourth-order valence-corrected chi connectivity index (χ4v) is 1.41. The van der Waals surface area contributed by atoms with Gasteiger partial charge in [-0.05, 0) is 37.6 Å². The Balaban J connectivity index is 2.14. The molecule has 0 aliphatic carbocycles. The molecule has 0 bridgehead atoms. The Bertz CT molecular complexity index is 345. The quantitative estimate of drug-likeness (QED) is 0.540. The minimum Gasteiger partial charge on any atom is -0.494 e. The number of ketones is 1. The van der Waals surface area contributed by atoms with Crippen molar-refractivity contribution in [2.75, 3.05) is 26.4 Å². The van der Waals surface area contributed by atoms with E-state index >= 15 is 0 Å². The van der Waals surface area contributed by atoms with Gasteiger partial charge in [-0.25, -0.2) is 0 Å². The monoisotopic (exact) mass is 252 g/mol. The van der Waals surface area contributed by atoms with Crippen LogP contribution in [0, 0.1) is 0 Å². The summed E-state index contributed by atoms with van der Waals surface area (Å²) in [4.78, 5) is 11.1. The Morgan fingerprint density at radius 3 is 2.39 bits per heavy atom. The van der Waals surface area contributed by atoms with Crippen LogP contribution in [0.2, 0.25) is 0 Å². The molecule has 0 heterocycles. The Kier molecular flexibility index (Phi) is 7.06. The first-order valence-corrected chi connectivity index (χ1v) is 6.16. The van der Waals surface area contributed by atoms with E-state index in [9.17, 15) is 4.79 Å². The summed E-state index contributed by atoms with van der Waals surface area (Å²) in [6.07, 6.45) is 1.48. The summed E-state index contributed by atoms with van der Waals surface area (Å²) in [7, 11) is 0. The van der Waals surface area contributed by atoms with Gasteiger partial charge in [0, 0.05) is 31.8 Å². The van der Waals surface area contributed by atoms with Gasteiger partial charge in [-0.15, -0.1) is 0 Å². The van der Waals surface area contributed by atoms with Crippen molar-refractivity contribution in [2.45, 2.75) is 19.8 Å². The minimum atomic E-state index is 0.0545. The first-order chi connectivity index (χ1) is 8.74. The van der Waals surface area contributed by atoms with Gasteiger partial charge in [-0.3, -0.25) is 4.79 Å². The van der Waals surface area contributed by atoms with Crippen LogP contribution in [0.4, 0.5) is 0 Å². The Morgan fingerprint density at radius 1 is 1.11 bits per heavy atom. The fourth-order valence-electron chi connectivity index (χ4n) is 1.41. The largest absolute Gasteiger partial charge is 0.494 e. The number of hydrogen-bond acceptors (Lipinski definition) is 4. The third-order valence-corrected chi connectivity index (χ3v) is 2.41.